The SMILES string of the molecule is Cc1ccc2nc(CNC(=O)c3cnc(C4CC4)[nH]c3=O)cn2c1. The van der Waals surface area contributed by atoms with Crippen molar-refractivity contribution in [3.05, 3.63) is 63.7 Å². The summed E-state index contributed by atoms with van der Waals surface area (Å²) < 4.78 is 1.91. The molecule has 0 spiro atoms. The van der Waals surface area contributed by atoms with Crippen LogP contribution in [0.3, 0.4) is 0 Å². The molecule has 1 aliphatic carbocycles. The monoisotopic (exact) mass is 323 g/mol. The van der Waals surface area contributed by atoms with Gasteiger partial charge in [-0.3, -0.25) is 9.59 Å². The van der Waals surface area contributed by atoms with E-state index in [-0.39, 0.29) is 12.1 Å². The average molecular weight is 323 g/mol. The van der Waals surface area contributed by atoms with Crippen LogP contribution in [0.15, 0.2) is 35.5 Å². The van der Waals surface area contributed by atoms with Gasteiger partial charge >= 0.3 is 0 Å². The number of aromatic amines is 1. The number of aryl methyl sites for hydroxylation is 1. The largest absolute Gasteiger partial charge is 0.346 e. The molecule has 7 nitrogen and oxygen atoms in total. The summed E-state index contributed by atoms with van der Waals surface area (Å²) in [5, 5.41) is 2.72. The number of carbonyl (C=O) groups is 1. The second-order valence-corrected chi connectivity index (χ2v) is 6.17. The molecule has 24 heavy (non-hydrogen) atoms. The molecule has 7 heteroatoms. The molecular weight excluding hydrogens is 306 g/mol. The van der Waals surface area contributed by atoms with Gasteiger partial charge in [0.15, 0.2) is 0 Å². The van der Waals surface area contributed by atoms with Crippen LogP contribution < -0.4 is 10.9 Å². The number of H-pyrrole nitrogens is 1. The lowest BCUT2D eigenvalue weighted by atomic mass is 10.3. The van der Waals surface area contributed by atoms with Crippen LogP contribution in [-0.2, 0) is 6.54 Å². The van der Waals surface area contributed by atoms with E-state index in [0.717, 1.165) is 29.7 Å². The fourth-order valence-electron chi connectivity index (χ4n) is 2.64. The van der Waals surface area contributed by atoms with Gasteiger partial charge in [-0.1, -0.05) is 6.07 Å². The Bertz CT molecular complexity index is 984. The molecule has 0 unspecified atom stereocenters. The first-order chi connectivity index (χ1) is 11.6. The second kappa shape index (κ2) is 5.59. The minimum Gasteiger partial charge on any atom is -0.346 e. The Morgan fingerprint density at radius 2 is 2.21 bits per heavy atom. The van der Waals surface area contributed by atoms with Crippen molar-refractivity contribution in [1.29, 1.82) is 0 Å². The van der Waals surface area contributed by atoms with Crippen LogP contribution in [0, 0.1) is 6.92 Å². The fourth-order valence-corrected chi connectivity index (χ4v) is 2.64. The first kappa shape index (κ1) is 14.6. The zero-order valence-corrected chi connectivity index (χ0v) is 13.2. The summed E-state index contributed by atoms with van der Waals surface area (Å²) in [4.78, 5) is 35.5. The van der Waals surface area contributed by atoms with E-state index < -0.39 is 11.5 Å². The first-order valence-corrected chi connectivity index (χ1v) is 7.92. The zero-order valence-electron chi connectivity index (χ0n) is 13.2. The summed E-state index contributed by atoms with van der Waals surface area (Å²) in [6.07, 6.45) is 7.28. The molecule has 3 heterocycles. The van der Waals surface area contributed by atoms with Gasteiger partial charge in [0.1, 0.15) is 17.0 Å². The van der Waals surface area contributed by atoms with E-state index >= 15 is 0 Å². The predicted octanol–water partition coefficient (Wildman–Crippen LogP) is 1.53. The van der Waals surface area contributed by atoms with E-state index in [2.05, 4.69) is 20.3 Å². The number of fused-ring (bicyclic) bond motifs is 1. The summed E-state index contributed by atoms with van der Waals surface area (Å²) in [6, 6.07) is 3.91. The maximum atomic E-state index is 12.2. The minimum absolute atomic E-state index is 0.0269. The van der Waals surface area contributed by atoms with Crippen molar-refractivity contribution in [3.8, 4) is 0 Å². The third-order valence-corrected chi connectivity index (χ3v) is 4.11. The molecule has 1 amide bonds. The number of nitrogens with zero attached hydrogens (tertiary/aromatic N) is 3. The number of rotatable bonds is 4. The Balaban J connectivity index is 1.48. The topological polar surface area (TPSA) is 92.2 Å². The Kier molecular flexibility index (Phi) is 3.41. The van der Waals surface area contributed by atoms with E-state index in [1.807, 2.05) is 35.9 Å². The lowest BCUT2D eigenvalue weighted by Crippen LogP contribution is -2.30. The van der Waals surface area contributed by atoms with Crippen molar-refractivity contribution in [2.75, 3.05) is 0 Å². The zero-order chi connectivity index (χ0) is 16.7. The van der Waals surface area contributed by atoms with Crippen LogP contribution in [-0.4, -0.2) is 25.3 Å². The molecule has 0 aliphatic heterocycles. The molecule has 122 valence electrons. The normalized spacial score (nSPS) is 14.0. The first-order valence-electron chi connectivity index (χ1n) is 7.92. The van der Waals surface area contributed by atoms with Crippen LogP contribution in [0.2, 0.25) is 0 Å². The lowest BCUT2D eigenvalue weighted by molar-refractivity contribution is 0.0948. The van der Waals surface area contributed by atoms with E-state index in [9.17, 15) is 9.59 Å². The number of imidazole rings is 1. The van der Waals surface area contributed by atoms with E-state index in [1.165, 1.54) is 6.20 Å². The van der Waals surface area contributed by atoms with E-state index in [4.69, 9.17) is 0 Å². The molecule has 1 fully saturated rings. The molecule has 1 aliphatic rings. The molecule has 1 saturated carbocycles. The van der Waals surface area contributed by atoms with Gasteiger partial charge < -0.3 is 14.7 Å². The number of nitrogens with one attached hydrogen (secondary N) is 2. The predicted molar refractivity (Wildman–Crippen MR) is 87.9 cm³/mol. The van der Waals surface area contributed by atoms with Gasteiger partial charge in [-0.25, -0.2) is 9.97 Å². The van der Waals surface area contributed by atoms with Crippen LogP contribution >= 0.6 is 0 Å². The maximum absolute atomic E-state index is 12.2. The summed E-state index contributed by atoms with van der Waals surface area (Å²) in [7, 11) is 0. The van der Waals surface area contributed by atoms with Gasteiger partial charge in [0.2, 0.25) is 0 Å². The van der Waals surface area contributed by atoms with Gasteiger partial charge in [-0.05, 0) is 31.4 Å². The highest BCUT2D eigenvalue weighted by atomic mass is 16.2. The Morgan fingerprint density at radius 3 is 2.96 bits per heavy atom. The maximum Gasteiger partial charge on any atom is 0.263 e. The molecule has 3 aromatic rings. The van der Waals surface area contributed by atoms with Gasteiger partial charge in [0.25, 0.3) is 11.5 Å². The van der Waals surface area contributed by atoms with Crippen molar-refractivity contribution in [2.45, 2.75) is 32.2 Å². The van der Waals surface area contributed by atoms with E-state index in [0.29, 0.717) is 11.7 Å². The molecule has 0 aromatic carbocycles. The molecule has 3 aromatic heterocycles. The smallest absolute Gasteiger partial charge is 0.263 e. The van der Waals surface area contributed by atoms with Gasteiger partial charge in [-0.2, -0.15) is 0 Å². The summed E-state index contributed by atoms with van der Waals surface area (Å²) >= 11 is 0. The molecule has 0 atom stereocenters. The van der Waals surface area contributed by atoms with Crippen molar-refractivity contribution >= 4 is 11.6 Å². The summed E-state index contributed by atoms with van der Waals surface area (Å²) in [5.74, 6) is 0.572. The Morgan fingerprint density at radius 1 is 1.38 bits per heavy atom. The molecule has 4 rings (SSSR count). The highest BCUT2D eigenvalue weighted by Gasteiger charge is 2.26. The second-order valence-electron chi connectivity index (χ2n) is 6.17. The van der Waals surface area contributed by atoms with Crippen molar-refractivity contribution in [3.63, 3.8) is 0 Å². The van der Waals surface area contributed by atoms with E-state index in [1.54, 1.807) is 0 Å². The molecule has 0 bridgehead atoms. The number of pyridine rings is 1. The third kappa shape index (κ3) is 2.80. The van der Waals surface area contributed by atoms with Crippen LogP contribution in [0.1, 0.15) is 46.2 Å². The summed E-state index contributed by atoms with van der Waals surface area (Å²) in [5.41, 5.74) is 2.31. The Labute approximate surface area is 137 Å². The highest BCUT2D eigenvalue weighted by molar-refractivity contribution is 5.93. The number of carbonyl (C=O) groups excluding carboxylic acids is 1. The molecule has 0 radical (unpaired) electrons. The fraction of sp³-hybridized carbons (Fsp3) is 0.294. The van der Waals surface area contributed by atoms with Crippen molar-refractivity contribution in [1.82, 2.24) is 24.7 Å². The van der Waals surface area contributed by atoms with Crippen LogP contribution in [0.5, 0.6) is 0 Å². The molecule has 2 N–H and O–H groups in total. The van der Waals surface area contributed by atoms with Gasteiger partial charge in [-0.15, -0.1) is 0 Å². The van der Waals surface area contributed by atoms with Crippen LogP contribution in [0.25, 0.3) is 5.65 Å². The highest BCUT2D eigenvalue weighted by Crippen LogP contribution is 2.37. The Hall–Kier alpha value is -2.96. The number of hydrogen-bond donors (Lipinski definition) is 2. The van der Waals surface area contributed by atoms with Crippen LogP contribution in [0.4, 0.5) is 0 Å². The molecule has 0 saturated heterocycles. The van der Waals surface area contributed by atoms with Gasteiger partial charge in [0, 0.05) is 24.5 Å². The third-order valence-electron chi connectivity index (χ3n) is 4.11. The van der Waals surface area contributed by atoms with Crippen molar-refractivity contribution < 1.29 is 4.79 Å². The van der Waals surface area contributed by atoms with Gasteiger partial charge in [0.05, 0.1) is 12.2 Å². The molecular formula is C17H17N5O2. The average Bonchev–Trinajstić information content (AvgIpc) is 3.33. The minimum atomic E-state index is -0.445. The van der Waals surface area contributed by atoms with Crippen molar-refractivity contribution in [2.24, 2.45) is 0 Å². The standard InChI is InChI=1S/C17H17N5O2/c1-10-2-5-14-20-12(9-22(14)8-10)6-19-16(23)13-7-18-15(11-3-4-11)21-17(13)24/h2,5,7-9,11H,3-4,6H2,1H3,(H,19,23)(H,18,21,24). The lowest BCUT2D eigenvalue weighted by Gasteiger charge is -2.03. The number of amides is 1. The number of hydrogen-bond acceptors (Lipinski definition) is 4. The summed E-state index contributed by atoms with van der Waals surface area (Å²) in [6.45, 7) is 2.26. The number of aromatic nitrogens is 4. The quantitative estimate of drug-likeness (QED) is 0.761.